The second kappa shape index (κ2) is 13.6. The van der Waals surface area contributed by atoms with Crippen LogP contribution in [0.3, 0.4) is 0 Å². The van der Waals surface area contributed by atoms with Crippen molar-refractivity contribution in [2.75, 3.05) is 0 Å². The van der Waals surface area contributed by atoms with E-state index in [4.69, 9.17) is 15.0 Å². The average Bonchev–Trinajstić information content (AvgIpc) is 3.61. The van der Waals surface area contributed by atoms with Gasteiger partial charge in [0.05, 0.1) is 11.0 Å². The summed E-state index contributed by atoms with van der Waals surface area (Å²) in [7, 11) is 0. The topological polar surface area (TPSA) is 43.6 Å². The molecule has 9 aromatic carbocycles. The van der Waals surface area contributed by atoms with Crippen LogP contribution in [-0.2, 0) is 0 Å². The molecule has 11 rings (SSSR count). The van der Waals surface area contributed by atoms with Crippen molar-refractivity contribution in [1.29, 1.82) is 0 Å². The van der Waals surface area contributed by atoms with Crippen molar-refractivity contribution in [2.45, 2.75) is 0 Å². The van der Waals surface area contributed by atoms with Gasteiger partial charge in [0.1, 0.15) is 0 Å². The molecule has 4 nitrogen and oxygen atoms in total. The lowest BCUT2D eigenvalue weighted by Crippen LogP contribution is -2.02. The van der Waals surface area contributed by atoms with Crippen LogP contribution in [-0.4, -0.2) is 19.5 Å². The molecule has 0 aliphatic heterocycles. The van der Waals surface area contributed by atoms with Gasteiger partial charge >= 0.3 is 0 Å². The van der Waals surface area contributed by atoms with E-state index in [1.165, 1.54) is 26.9 Å². The Morgan fingerprint density at radius 1 is 0.281 bits per heavy atom. The summed E-state index contributed by atoms with van der Waals surface area (Å²) in [6.07, 6.45) is 0. The van der Waals surface area contributed by atoms with Crippen LogP contribution in [0, 0.1) is 0 Å². The molecule has 0 saturated heterocycles. The summed E-state index contributed by atoms with van der Waals surface area (Å²) < 4.78 is 2.40. The van der Waals surface area contributed by atoms with E-state index in [2.05, 4.69) is 193 Å². The summed E-state index contributed by atoms with van der Waals surface area (Å²) in [4.78, 5) is 15.6. The van der Waals surface area contributed by atoms with Crippen LogP contribution in [0.25, 0.3) is 105 Å². The lowest BCUT2D eigenvalue weighted by atomic mass is 9.91. The Hall–Kier alpha value is -7.69. The number of rotatable bonds is 6. The lowest BCUT2D eigenvalue weighted by Gasteiger charge is -2.18. The van der Waals surface area contributed by atoms with Crippen LogP contribution >= 0.6 is 0 Å². The van der Waals surface area contributed by atoms with Crippen LogP contribution in [0.15, 0.2) is 206 Å². The van der Waals surface area contributed by atoms with Crippen molar-refractivity contribution in [3.05, 3.63) is 206 Å². The van der Waals surface area contributed by atoms with Gasteiger partial charge in [0.15, 0.2) is 17.5 Å². The van der Waals surface area contributed by atoms with E-state index in [1.807, 2.05) is 18.2 Å². The fraction of sp³-hybridized carbons (Fsp3) is 0. The maximum absolute atomic E-state index is 5.29. The molecule has 2 aromatic heterocycles. The molecular weight excluding hydrogens is 693 g/mol. The Bertz CT molecular complexity index is 3290. The van der Waals surface area contributed by atoms with Crippen molar-refractivity contribution in [1.82, 2.24) is 19.5 Å². The van der Waals surface area contributed by atoms with E-state index >= 15 is 0 Å². The molecule has 0 N–H and O–H groups in total. The van der Waals surface area contributed by atoms with E-state index in [9.17, 15) is 0 Å². The zero-order valence-electron chi connectivity index (χ0n) is 30.9. The predicted octanol–water partition coefficient (Wildman–Crippen LogP) is 13.6. The maximum Gasteiger partial charge on any atom is 0.164 e. The summed E-state index contributed by atoms with van der Waals surface area (Å²) in [5, 5.41) is 7.20. The third kappa shape index (κ3) is 5.74. The molecule has 4 heteroatoms. The standard InChI is InChI=1S/C53H34N4/c1-3-16-36(17-4-1)43-23-11-12-24-44(43)47-34-42(57-49-26-14-13-25-45(49)48-32-39-21-9-10-22-40(39)33-50(48)57)29-30-46(47)53-55-51(37-18-5-2-6-19-37)54-52(56-53)41-28-27-35-15-7-8-20-38(35)31-41/h1-34H. The number of aromatic nitrogens is 4. The molecule has 266 valence electrons. The normalized spacial score (nSPS) is 11.5. The first kappa shape index (κ1) is 32.7. The molecule has 0 aliphatic carbocycles. The highest BCUT2D eigenvalue weighted by Crippen LogP contribution is 2.41. The van der Waals surface area contributed by atoms with Gasteiger partial charge in [0.2, 0.25) is 0 Å². The number of benzene rings is 9. The van der Waals surface area contributed by atoms with Crippen LogP contribution in [0.2, 0.25) is 0 Å². The highest BCUT2D eigenvalue weighted by molar-refractivity contribution is 6.13. The first-order valence-electron chi connectivity index (χ1n) is 19.3. The van der Waals surface area contributed by atoms with Crippen LogP contribution < -0.4 is 0 Å². The summed E-state index contributed by atoms with van der Waals surface area (Å²) in [6.45, 7) is 0. The summed E-state index contributed by atoms with van der Waals surface area (Å²) in [5.74, 6) is 1.87. The highest BCUT2D eigenvalue weighted by atomic mass is 15.0. The largest absolute Gasteiger partial charge is 0.309 e. The molecule has 0 bridgehead atoms. The fourth-order valence-corrected chi connectivity index (χ4v) is 8.28. The Morgan fingerprint density at radius 3 is 1.63 bits per heavy atom. The molecule has 2 heterocycles. The first-order chi connectivity index (χ1) is 28.2. The summed E-state index contributed by atoms with van der Waals surface area (Å²) in [6, 6.07) is 73.0. The third-order valence-corrected chi connectivity index (χ3v) is 11.0. The molecular formula is C53H34N4. The molecule has 0 radical (unpaired) electrons. The lowest BCUT2D eigenvalue weighted by molar-refractivity contribution is 1.07. The molecule has 11 aromatic rings. The minimum absolute atomic E-state index is 0.615. The monoisotopic (exact) mass is 726 g/mol. The Morgan fingerprint density at radius 2 is 0.860 bits per heavy atom. The third-order valence-electron chi connectivity index (χ3n) is 11.0. The van der Waals surface area contributed by atoms with Crippen LogP contribution in [0.1, 0.15) is 0 Å². The average molecular weight is 727 g/mol. The maximum atomic E-state index is 5.29. The van der Waals surface area contributed by atoms with Crippen LogP contribution in [0.4, 0.5) is 0 Å². The Labute approximate surface area is 330 Å². The van der Waals surface area contributed by atoms with Gasteiger partial charge in [-0.25, -0.2) is 15.0 Å². The predicted molar refractivity (Wildman–Crippen MR) is 236 cm³/mol. The molecule has 0 fully saturated rings. The van der Waals surface area contributed by atoms with E-state index < -0.39 is 0 Å². The SMILES string of the molecule is c1ccc(-c2nc(-c3ccc4ccccc4c3)nc(-c3ccc(-n4c5ccccc5c5cc6ccccc6cc54)cc3-c3ccccc3-c3ccccc3)n2)cc1. The molecule has 0 unspecified atom stereocenters. The minimum atomic E-state index is 0.615. The summed E-state index contributed by atoms with van der Waals surface area (Å²) >= 11 is 0. The van der Waals surface area contributed by atoms with Crippen molar-refractivity contribution in [3.63, 3.8) is 0 Å². The quantitative estimate of drug-likeness (QED) is 0.171. The van der Waals surface area contributed by atoms with Gasteiger partial charge in [-0.15, -0.1) is 0 Å². The molecule has 0 atom stereocenters. The zero-order chi connectivity index (χ0) is 37.7. The molecule has 0 saturated carbocycles. The second-order valence-electron chi connectivity index (χ2n) is 14.4. The number of nitrogens with zero attached hydrogens (tertiary/aromatic N) is 4. The van der Waals surface area contributed by atoms with E-state index in [-0.39, 0.29) is 0 Å². The van der Waals surface area contributed by atoms with Gasteiger partial charge < -0.3 is 4.57 Å². The number of hydrogen-bond donors (Lipinski definition) is 0. The molecule has 0 spiro atoms. The van der Waals surface area contributed by atoms with Gasteiger partial charge in [0, 0.05) is 33.2 Å². The van der Waals surface area contributed by atoms with Crippen molar-refractivity contribution in [2.24, 2.45) is 0 Å². The van der Waals surface area contributed by atoms with Gasteiger partial charge in [0.25, 0.3) is 0 Å². The molecule has 0 aliphatic rings. The number of para-hydroxylation sites is 1. The van der Waals surface area contributed by atoms with Crippen molar-refractivity contribution >= 4 is 43.4 Å². The van der Waals surface area contributed by atoms with E-state index in [1.54, 1.807) is 0 Å². The van der Waals surface area contributed by atoms with Crippen molar-refractivity contribution in [3.8, 4) is 62.1 Å². The van der Waals surface area contributed by atoms with Gasteiger partial charge in [-0.2, -0.15) is 0 Å². The van der Waals surface area contributed by atoms with Crippen LogP contribution in [0.5, 0.6) is 0 Å². The molecule has 57 heavy (non-hydrogen) atoms. The van der Waals surface area contributed by atoms with Gasteiger partial charge in [-0.05, 0) is 86.3 Å². The van der Waals surface area contributed by atoms with Gasteiger partial charge in [-0.3, -0.25) is 0 Å². The number of fused-ring (bicyclic) bond motifs is 5. The zero-order valence-corrected chi connectivity index (χ0v) is 30.9. The minimum Gasteiger partial charge on any atom is -0.309 e. The Balaban J connectivity index is 1.20. The van der Waals surface area contributed by atoms with Crippen molar-refractivity contribution < 1.29 is 0 Å². The first-order valence-corrected chi connectivity index (χ1v) is 19.3. The van der Waals surface area contributed by atoms with E-state index in [0.29, 0.717) is 17.5 Å². The fourth-order valence-electron chi connectivity index (χ4n) is 8.28. The van der Waals surface area contributed by atoms with Gasteiger partial charge in [-0.1, -0.05) is 164 Å². The Kier molecular flexibility index (Phi) is 7.78. The van der Waals surface area contributed by atoms with E-state index in [0.717, 1.165) is 61.1 Å². The highest BCUT2D eigenvalue weighted by Gasteiger charge is 2.21. The number of hydrogen-bond acceptors (Lipinski definition) is 3. The summed E-state index contributed by atoms with van der Waals surface area (Å²) in [5.41, 5.74) is 10.6. The second-order valence-corrected chi connectivity index (χ2v) is 14.4. The molecule has 0 amide bonds. The smallest absolute Gasteiger partial charge is 0.164 e.